The lowest BCUT2D eigenvalue weighted by molar-refractivity contribution is -0.137. The van der Waals surface area contributed by atoms with Crippen molar-refractivity contribution in [1.29, 1.82) is 0 Å². The van der Waals surface area contributed by atoms with Gasteiger partial charge in [0.1, 0.15) is 5.25 Å². The van der Waals surface area contributed by atoms with Crippen molar-refractivity contribution in [1.82, 2.24) is 15.1 Å². The molecule has 1 atom stereocenters. The van der Waals surface area contributed by atoms with Gasteiger partial charge in [0.15, 0.2) is 0 Å². The van der Waals surface area contributed by atoms with E-state index in [0.29, 0.717) is 12.4 Å². The molecule has 1 aromatic rings. The van der Waals surface area contributed by atoms with Crippen molar-refractivity contribution in [3.8, 4) is 0 Å². The van der Waals surface area contributed by atoms with E-state index in [-0.39, 0.29) is 30.0 Å². The highest BCUT2D eigenvalue weighted by molar-refractivity contribution is 8.00. The zero-order valence-corrected chi connectivity index (χ0v) is 10.1. The number of nitrogens with zero attached hydrogens (tertiary/aromatic N) is 3. The molecule has 1 aliphatic heterocycles. The first-order valence-electron chi connectivity index (χ1n) is 5.19. The van der Waals surface area contributed by atoms with E-state index in [1.807, 2.05) is 0 Å². The summed E-state index contributed by atoms with van der Waals surface area (Å²) in [6.45, 7) is 2.32. The zero-order chi connectivity index (χ0) is 12.4. The quantitative estimate of drug-likeness (QED) is 0.742. The van der Waals surface area contributed by atoms with Crippen LogP contribution in [0.3, 0.4) is 0 Å². The first-order chi connectivity index (χ1) is 8.15. The van der Waals surface area contributed by atoms with Crippen molar-refractivity contribution in [3.05, 3.63) is 5.89 Å². The topological polar surface area (TPSA) is 102 Å². The molecule has 0 saturated carbocycles. The minimum Gasteiger partial charge on any atom is -0.415 e. The number of thioether (sulfide) groups is 1. The van der Waals surface area contributed by atoms with Gasteiger partial charge in [0.2, 0.25) is 17.7 Å². The molecule has 2 amide bonds. The lowest BCUT2D eigenvalue weighted by Crippen LogP contribution is -2.30. The van der Waals surface area contributed by atoms with Crippen LogP contribution in [-0.2, 0) is 16.1 Å². The van der Waals surface area contributed by atoms with Crippen molar-refractivity contribution in [2.75, 3.05) is 6.54 Å². The molecule has 17 heavy (non-hydrogen) atoms. The van der Waals surface area contributed by atoms with Crippen molar-refractivity contribution < 1.29 is 14.0 Å². The Labute approximate surface area is 102 Å². The van der Waals surface area contributed by atoms with Crippen LogP contribution in [0, 0.1) is 0 Å². The van der Waals surface area contributed by atoms with Gasteiger partial charge in [0.05, 0.1) is 6.54 Å². The molecule has 2 rings (SSSR count). The fourth-order valence-electron chi connectivity index (χ4n) is 1.57. The number of hydrogen-bond donors (Lipinski definition) is 1. The normalized spacial score (nSPS) is 20.4. The van der Waals surface area contributed by atoms with Crippen LogP contribution >= 0.6 is 11.8 Å². The summed E-state index contributed by atoms with van der Waals surface area (Å²) < 4.78 is 5.18. The molecule has 8 heteroatoms. The van der Waals surface area contributed by atoms with Gasteiger partial charge in [-0.3, -0.25) is 14.5 Å². The molecule has 1 aliphatic rings. The molecular weight excluding hydrogens is 244 g/mol. The Bertz CT molecular complexity index is 447. The van der Waals surface area contributed by atoms with Crippen LogP contribution in [-0.4, -0.2) is 38.7 Å². The molecule has 2 N–H and O–H groups in total. The fourth-order valence-corrected chi connectivity index (χ4v) is 2.50. The second-order valence-electron chi connectivity index (χ2n) is 3.45. The van der Waals surface area contributed by atoms with E-state index in [0.717, 1.165) is 11.8 Å². The van der Waals surface area contributed by atoms with E-state index in [2.05, 4.69) is 10.2 Å². The van der Waals surface area contributed by atoms with Gasteiger partial charge in [-0.1, -0.05) is 11.8 Å². The predicted octanol–water partition coefficient (Wildman–Crippen LogP) is -0.232. The molecule has 0 aromatic carbocycles. The number of aromatic nitrogens is 2. The third-order valence-corrected chi connectivity index (χ3v) is 3.40. The van der Waals surface area contributed by atoms with Gasteiger partial charge in [0.25, 0.3) is 5.22 Å². The van der Waals surface area contributed by atoms with Crippen LogP contribution in [0.5, 0.6) is 0 Å². The van der Waals surface area contributed by atoms with Crippen molar-refractivity contribution in [2.24, 2.45) is 5.73 Å². The Morgan fingerprint density at radius 2 is 2.29 bits per heavy atom. The molecule has 1 fully saturated rings. The molecule has 1 aromatic heterocycles. The van der Waals surface area contributed by atoms with Gasteiger partial charge in [-0.25, -0.2) is 0 Å². The highest BCUT2D eigenvalue weighted by atomic mass is 32.2. The monoisotopic (exact) mass is 256 g/mol. The summed E-state index contributed by atoms with van der Waals surface area (Å²) in [4.78, 5) is 24.5. The highest BCUT2D eigenvalue weighted by Crippen LogP contribution is 2.30. The van der Waals surface area contributed by atoms with Gasteiger partial charge >= 0.3 is 0 Å². The second-order valence-corrected chi connectivity index (χ2v) is 4.61. The largest absolute Gasteiger partial charge is 0.415 e. The van der Waals surface area contributed by atoms with Crippen LogP contribution in [0.1, 0.15) is 19.2 Å². The van der Waals surface area contributed by atoms with Gasteiger partial charge in [-0.15, -0.1) is 10.2 Å². The van der Waals surface area contributed by atoms with Crippen LogP contribution < -0.4 is 5.73 Å². The maximum absolute atomic E-state index is 11.8. The lowest BCUT2D eigenvalue weighted by atomic mass is 10.4. The number of likely N-dealkylation sites (tertiary alicyclic amines) is 1. The van der Waals surface area contributed by atoms with E-state index < -0.39 is 5.25 Å². The third kappa shape index (κ3) is 2.32. The lowest BCUT2D eigenvalue weighted by Gasteiger charge is -2.10. The number of hydrogen-bond acceptors (Lipinski definition) is 7. The fraction of sp³-hybridized carbons (Fsp3) is 0.556. The number of carbonyl (C=O) groups is 2. The molecular formula is C9H12N4O3S. The summed E-state index contributed by atoms with van der Waals surface area (Å²) in [5, 5.41) is 7.24. The number of carbonyl (C=O) groups excluding carboxylic acids is 2. The van der Waals surface area contributed by atoms with Crippen LogP contribution in [0.25, 0.3) is 0 Å². The summed E-state index contributed by atoms with van der Waals surface area (Å²) in [6, 6.07) is 0. The minimum atomic E-state index is -0.464. The standard InChI is InChI=1S/C9H12N4O3S/c1-2-13-7(14)3-5(8(13)15)17-9-12-11-6(4-10)16-9/h5H,2-4,10H2,1H3. The molecule has 0 aliphatic carbocycles. The second kappa shape index (κ2) is 4.84. The van der Waals surface area contributed by atoms with Crippen molar-refractivity contribution >= 4 is 23.6 Å². The SMILES string of the molecule is CCN1C(=O)CC(Sc2nnc(CN)o2)C1=O. The molecule has 2 heterocycles. The van der Waals surface area contributed by atoms with Crippen molar-refractivity contribution in [3.63, 3.8) is 0 Å². The van der Waals surface area contributed by atoms with Crippen LogP contribution in [0.15, 0.2) is 9.64 Å². The highest BCUT2D eigenvalue weighted by Gasteiger charge is 2.39. The number of nitrogens with two attached hydrogens (primary N) is 1. The van der Waals surface area contributed by atoms with E-state index >= 15 is 0 Å². The molecule has 7 nitrogen and oxygen atoms in total. The summed E-state index contributed by atoms with van der Waals surface area (Å²) in [5.74, 6) is -0.0415. The Kier molecular flexibility index (Phi) is 3.43. The van der Waals surface area contributed by atoms with E-state index in [4.69, 9.17) is 10.2 Å². The van der Waals surface area contributed by atoms with Gasteiger partial charge in [0, 0.05) is 13.0 Å². The number of amides is 2. The Balaban J connectivity index is 2.05. The van der Waals surface area contributed by atoms with Gasteiger partial charge in [-0.05, 0) is 6.92 Å². The van der Waals surface area contributed by atoms with Crippen molar-refractivity contribution in [2.45, 2.75) is 30.4 Å². The van der Waals surface area contributed by atoms with E-state index in [1.54, 1.807) is 6.92 Å². The summed E-state index contributed by atoms with van der Waals surface area (Å²) >= 11 is 1.11. The first-order valence-corrected chi connectivity index (χ1v) is 6.07. The van der Waals surface area contributed by atoms with E-state index in [9.17, 15) is 9.59 Å². The average Bonchev–Trinajstić information content (AvgIpc) is 2.86. The molecule has 92 valence electrons. The Morgan fingerprint density at radius 1 is 1.53 bits per heavy atom. The van der Waals surface area contributed by atoms with Crippen LogP contribution in [0.2, 0.25) is 0 Å². The average molecular weight is 256 g/mol. The molecule has 1 unspecified atom stereocenters. The molecule has 0 bridgehead atoms. The zero-order valence-electron chi connectivity index (χ0n) is 9.25. The summed E-state index contributed by atoms with van der Waals surface area (Å²) in [7, 11) is 0. The third-order valence-electron chi connectivity index (χ3n) is 2.38. The molecule has 1 saturated heterocycles. The van der Waals surface area contributed by atoms with E-state index in [1.165, 1.54) is 4.90 Å². The first kappa shape index (κ1) is 12.1. The molecule has 0 spiro atoms. The van der Waals surface area contributed by atoms with Gasteiger partial charge < -0.3 is 10.2 Å². The van der Waals surface area contributed by atoms with Crippen LogP contribution in [0.4, 0.5) is 0 Å². The smallest absolute Gasteiger partial charge is 0.277 e. The number of imide groups is 1. The Hall–Kier alpha value is -1.41. The Morgan fingerprint density at radius 3 is 2.82 bits per heavy atom. The summed E-state index contributed by atoms with van der Waals surface area (Å²) in [5.41, 5.74) is 5.33. The minimum absolute atomic E-state index is 0.159. The molecule has 0 radical (unpaired) electrons. The maximum atomic E-state index is 11.8. The summed E-state index contributed by atoms with van der Waals surface area (Å²) in [6.07, 6.45) is 0.178. The number of rotatable bonds is 4. The maximum Gasteiger partial charge on any atom is 0.277 e. The predicted molar refractivity (Wildman–Crippen MR) is 58.8 cm³/mol. The van der Waals surface area contributed by atoms with Gasteiger partial charge in [-0.2, -0.15) is 0 Å².